The van der Waals surface area contributed by atoms with Crippen LogP contribution < -0.4 is 4.90 Å². The van der Waals surface area contributed by atoms with Crippen molar-refractivity contribution in [2.45, 2.75) is 38.0 Å². The molecule has 0 bridgehead atoms. The van der Waals surface area contributed by atoms with E-state index < -0.39 is 0 Å². The van der Waals surface area contributed by atoms with Gasteiger partial charge in [-0.2, -0.15) is 0 Å². The third-order valence-corrected chi connectivity index (χ3v) is 18.8. The molecular formula is C68H52N2. The summed E-state index contributed by atoms with van der Waals surface area (Å²) >= 11 is 0. The van der Waals surface area contributed by atoms with Gasteiger partial charge in [-0.3, -0.25) is 0 Å². The minimum Gasteiger partial charge on any atom is -0.313 e. The molecule has 9 aromatic carbocycles. The summed E-state index contributed by atoms with van der Waals surface area (Å²) in [7, 11) is 0. The Kier molecular flexibility index (Phi) is 7.95. The van der Waals surface area contributed by atoms with Gasteiger partial charge in [0.05, 0.1) is 16.7 Å². The highest BCUT2D eigenvalue weighted by Crippen LogP contribution is 2.95. The summed E-state index contributed by atoms with van der Waals surface area (Å²) in [6.07, 6.45) is 12.1. The van der Waals surface area contributed by atoms with Crippen LogP contribution in [0, 0.1) is 35.0 Å². The lowest BCUT2D eigenvalue weighted by Crippen LogP contribution is -2.88. The highest BCUT2D eigenvalue weighted by molar-refractivity contribution is 6.16. The second-order valence-electron chi connectivity index (χ2n) is 21.6. The lowest BCUT2D eigenvalue weighted by Gasteiger charge is -2.92. The van der Waals surface area contributed by atoms with Gasteiger partial charge in [-0.15, -0.1) is 0 Å². The van der Waals surface area contributed by atoms with E-state index in [0.29, 0.717) is 11.3 Å². The first kappa shape index (κ1) is 39.2. The zero-order valence-electron chi connectivity index (χ0n) is 39.4. The molecule has 2 heteroatoms. The van der Waals surface area contributed by atoms with Crippen LogP contribution in [0.15, 0.2) is 218 Å². The third kappa shape index (κ3) is 4.89. The molecule has 0 saturated heterocycles. The van der Waals surface area contributed by atoms with Crippen LogP contribution in [0.3, 0.4) is 0 Å². The molecule has 0 aliphatic heterocycles. The fourth-order valence-corrected chi connectivity index (χ4v) is 16.2. The first-order chi connectivity index (χ1) is 34.6. The van der Waals surface area contributed by atoms with E-state index in [1.165, 1.54) is 113 Å². The van der Waals surface area contributed by atoms with E-state index >= 15 is 0 Å². The summed E-state index contributed by atoms with van der Waals surface area (Å²) in [5.74, 6) is 3.94. The molecule has 6 aliphatic rings. The van der Waals surface area contributed by atoms with Crippen molar-refractivity contribution in [3.8, 4) is 44.5 Å². The minimum atomic E-state index is 0.116. The van der Waals surface area contributed by atoms with Crippen molar-refractivity contribution < 1.29 is 0 Å². The molecule has 5 unspecified atom stereocenters. The molecule has 4 fully saturated rings. The number of allylic oxidation sites excluding steroid dienone is 4. The summed E-state index contributed by atoms with van der Waals surface area (Å²) in [4.78, 5) is 2.58. The van der Waals surface area contributed by atoms with Gasteiger partial charge in [0.2, 0.25) is 0 Å². The number of benzene rings is 9. The van der Waals surface area contributed by atoms with Crippen LogP contribution in [-0.2, 0) is 5.41 Å². The van der Waals surface area contributed by atoms with Crippen molar-refractivity contribution in [1.29, 1.82) is 0 Å². The summed E-state index contributed by atoms with van der Waals surface area (Å²) < 4.78 is 2.51. The van der Waals surface area contributed by atoms with Gasteiger partial charge < -0.3 is 9.47 Å². The van der Waals surface area contributed by atoms with Gasteiger partial charge in [-0.1, -0.05) is 177 Å². The second kappa shape index (κ2) is 14.2. The molecule has 1 aromatic heterocycles. The lowest BCUT2D eigenvalue weighted by atomic mass is 9.11. The van der Waals surface area contributed by atoms with E-state index in [4.69, 9.17) is 0 Å². The molecule has 2 nitrogen and oxygen atoms in total. The molecular weight excluding hydrogens is 845 g/mol. The van der Waals surface area contributed by atoms with Crippen LogP contribution in [0.5, 0.6) is 0 Å². The molecule has 334 valence electrons. The number of hydrogen-bond acceptors (Lipinski definition) is 1. The Morgan fingerprint density at radius 2 is 1.11 bits per heavy atom. The summed E-state index contributed by atoms with van der Waals surface area (Å²) in [5.41, 5.74) is 21.7. The van der Waals surface area contributed by atoms with Crippen LogP contribution in [0.25, 0.3) is 82.8 Å². The van der Waals surface area contributed by atoms with E-state index in [1.54, 1.807) is 11.1 Å². The van der Waals surface area contributed by atoms with Gasteiger partial charge in [0.15, 0.2) is 0 Å². The maximum absolute atomic E-state index is 2.65. The monoisotopic (exact) mass is 896 g/mol. The summed E-state index contributed by atoms with van der Waals surface area (Å²) in [5, 5.41) is 5.13. The molecule has 2 spiro atoms. The molecule has 4 saturated carbocycles. The Balaban J connectivity index is 0.896. The SMILES string of the molecule is CC1C=CC=C(n2c3ccccc3c3c(-c4ccc(N(c5ccc6c(c5)C5(c7ccccc7-6)C6CC7CC8CC5C786)c5ccccc5-c5cccc6cccc(-c7ccccc7)c56)cc4)cccc32)C1. The predicted octanol–water partition coefficient (Wildman–Crippen LogP) is 17.8. The fourth-order valence-electron chi connectivity index (χ4n) is 16.2. The van der Waals surface area contributed by atoms with Crippen molar-refractivity contribution in [2.75, 3.05) is 4.90 Å². The number of rotatable bonds is 7. The van der Waals surface area contributed by atoms with E-state index in [1.807, 2.05) is 0 Å². The van der Waals surface area contributed by atoms with Gasteiger partial charge in [-0.05, 0) is 170 Å². The van der Waals surface area contributed by atoms with E-state index in [2.05, 4.69) is 235 Å². The van der Waals surface area contributed by atoms with Crippen LogP contribution >= 0.6 is 0 Å². The van der Waals surface area contributed by atoms with Gasteiger partial charge in [0.25, 0.3) is 0 Å². The molecule has 70 heavy (non-hydrogen) atoms. The van der Waals surface area contributed by atoms with Crippen molar-refractivity contribution in [1.82, 2.24) is 4.57 Å². The van der Waals surface area contributed by atoms with Crippen LogP contribution in [0.2, 0.25) is 0 Å². The summed E-state index contributed by atoms with van der Waals surface area (Å²) in [6.45, 7) is 2.32. The Hall–Kier alpha value is -7.68. The van der Waals surface area contributed by atoms with Crippen LogP contribution in [0.1, 0.15) is 43.7 Å². The number of para-hydroxylation sites is 2. The second-order valence-corrected chi connectivity index (χ2v) is 21.6. The maximum atomic E-state index is 2.65. The number of nitrogens with zero attached hydrogens (tertiary/aromatic N) is 2. The Labute approximate surface area is 409 Å². The highest BCUT2D eigenvalue weighted by atomic mass is 15.1. The normalized spacial score (nSPS) is 25.0. The molecule has 0 N–H and O–H groups in total. The zero-order chi connectivity index (χ0) is 45.9. The first-order valence-electron chi connectivity index (χ1n) is 25.8. The molecule has 0 radical (unpaired) electrons. The third-order valence-electron chi connectivity index (χ3n) is 18.8. The van der Waals surface area contributed by atoms with Gasteiger partial charge >= 0.3 is 0 Å². The van der Waals surface area contributed by atoms with E-state index in [9.17, 15) is 0 Å². The largest absolute Gasteiger partial charge is 0.313 e. The Bertz CT molecular complexity index is 3880. The molecule has 5 atom stereocenters. The van der Waals surface area contributed by atoms with E-state index in [0.717, 1.165) is 35.8 Å². The van der Waals surface area contributed by atoms with Crippen molar-refractivity contribution >= 4 is 55.3 Å². The van der Waals surface area contributed by atoms with Crippen molar-refractivity contribution in [2.24, 2.45) is 35.0 Å². The quantitative estimate of drug-likeness (QED) is 0.155. The topological polar surface area (TPSA) is 8.17 Å². The molecule has 16 rings (SSSR count). The Morgan fingerprint density at radius 1 is 0.486 bits per heavy atom. The van der Waals surface area contributed by atoms with Crippen molar-refractivity contribution in [3.05, 3.63) is 230 Å². The summed E-state index contributed by atoms with van der Waals surface area (Å²) in [6, 6.07) is 76.2. The number of fused-ring (bicyclic) bond motifs is 11. The standard InChI is InChI=1S/C68H52N2/c1-42-15-11-20-49(37-42)70-61-29-10-7-23-57(61)66-52(25-14-30-62(66)70)44-31-33-48(34-32-44)69(60-28-9-6-22-55(60)56-26-13-19-45-18-12-24-51(65(45)56)43-16-3-2-4-17-43)50-35-36-54-53-21-5-8-27-58(53)68(59(54)41-50)63-39-46-38-47-40-64(68)67(46,47)63/h2-36,41-42,46-47,63-64H,37-40H2,1H3. The minimum absolute atomic E-state index is 0.116. The molecule has 10 aromatic rings. The fraction of sp³-hybridized carbons (Fsp3) is 0.176. The average Bonchev–Trinajstić information content (AvgIpc) is 3.91. The molecule has 1 heterocycles. The maximum Gasteiger partial charge on any atom is 0.0544 e. The zero-order valence-corrected chi connectivity index (χ0v) is 39.4. The smallest absolute Gasteiger partial charge is 0.0544 e. The van der Waals surface area contributed by atoms with Crippen molar-refractivity contribution in [3.63, 3.8) is 0 Å². The lowest BCUT2D eigenvalue weighted by molar-refractivity contribution is -0.412. The molecule has 0 amide bonds. The predicted molar refractivity (Wildman–Crippen MR) is 292 cm³/mol. The van der Waals surface area contributed by atoms with Crippen LogP contribution in [0.4, 0.5) is 17.1 Å². The Morgan fingerprint density at radius 3 is 1.91 bits per heavy atom. The van der Waals surface area contributed by atoms with Gasteiger partial charge in [0.1, 0.15) is 0 Å². The number of aromatic nitrogens is 1. The number of hydrogen-bond donors (Lipinski definition) is 0. The van der Waals surface area contributed by atoms with Gasteiger partial charge in [0, 0.05) is 38.8 Å². The molecule has 6 aliphatic carbocycles. The van der Waals surface area contributed by atoms with Crippen LogP contribution in [-0.4, -0.2) is 4.57 Å². The first-order valence-corrected chi connectivity index (χ1v) is 25.8. The van der Waals surface area contributed by atoms with Gasteiger partial charge in [-0.25, -0.2) is 0 Å². The average molecular weight is 897 g/mol. The van der Waals surface area contributed by atoms with E-state index in [-0.39, 0.29) is 5.41 Å². The highest BCUT2D eigenvalue weighted by Gasteiger charge is 2.90. The number of anilines is 3.